The molecular formula is C28H27ClF6N2O4. The van der Waals surface area contributed by atoms with Crippen LogP contribution >= 0.6 is 11.6 Å². The molecule has 1 aliphatic heterocycles. The van der Waals surface area contributed by atoms with Gasteiger partial charge in [-0.05, 0) is 50.1 Å². The Morgan fingerprint density at radius 2 is 1.73 bits per heavy atom. The Morgan fingerprint density at radius 3 is 2.24 bits per heavy atom. The number of cyclic esters (lactones) is 1. The highest BCUT2D eigenvalue weighted by Crippen LogP contribution is 2.39. The van der Waals surface area contributed by atoms with Crippen molar-refractivity contribution in [2.75, 3.05) is 0 Å². The Balaban J connectivity index is 0.00000157. The number of benzene rings is 2. The summed E-state index contributed by atoms with van der Waals surface area (Å²) in [5.74, 6) is 0. The van der Waals surface area contributed by atoms with Gasteiger partial charge in [0.2, 0.25) is 0 Å². The molecule has 0 bridgehead atoms. The fraction of sp³-hybridized carbons (Fsp3) is 0.321. The number of alkyl halides is 6. The van der Waals surface area contributed by atoms with Gasteiger partial charge in [0.25, 0.3) is 5.69 Å². The minimum Gasteiger partial charge on any atom is -0.444 e. The summed E-state index contributed by atoms with van der Waals surface area (Å²) in [6.45, 7) is 7.22. The maximum atomic E-state index is 13.4. The number of carbonyl (C=O) groups is 1. The Kier molecular flexibility index (Phi) is 12.5. The van der Waals surface area contributed by atoms with Crippen LogP contribution in [0.25, 0.3) is 11.1 Å². The predicted octanol–water partition coefficient (Wildman–Crippen LogP) is 8.98. The molecular weight excluding hydrogens is 578 g/mol. The van der Waals surface area contributed by atoms with E-state index in [0.717, 1.165) is 48.2 Å². The van der Waals surface area contributed by atoms with Gasteiger partial charge in [-0.1, -0.05) is 29.8 Å². The van der Waals surface area contributed by atoms with Gasteiger partial charge in [0, 0.05) is 34.7 Å². The van der Waals surface area contributed by atoms with Crippen LogP contribution in [0.4, 0.5) is 36.8 Å². The molecule has 2 atom stereocenters. The third-order valence-corrected chi connectivity index (χ3v) is 6.17. The van der Waals surface area contributed by atoms with Crippen LogP contribution < -0.4 is 0 Å². The van der Waals surface area contributed by atoms with E-state index in [-0.39, 0.29) is 33.8 Å². The van der Waals surface area contributed by atoms with Crippen LogP contribution in [0.3, 0.4) is 0 Å². The molecule has 1 amide bonds. The van der Waals surface area contributed by atoms with E-state index >= 15 is 0 Å². The van der Waals surface area contributed by atoms with Crippen LogP contribution in [-0.4, -0.2) is 34.2 Å². The lowest BCUT2D eigenvalue weighted by Gasteiger charge is -2.23. The monoisotopic (exact) mass is 604 g/mol. The van der Waals surface area contributed by atoms with Crippen molar-refractivity contribution in [2.45, 2.75) is 58.2 Å². The number of nitro benzene ring substituents is 1. The Labute approximate surface area is 238 Å². The number of allylic oxidation sites excluding steroid dienone is 2. The summed E-state index contributed by atoms with van der Waals surface area (Å²) in [4.78, 5) is 24.1. The van der Waals surface area contributed by atoms with Gasteiger partial charge in [0.1, 0.15) is 6.10 Å². The molecule has 2 aromatic carbocycles. The molecule has 0 saturated carbocycles. The number of carbonyl (C=O) groups excluding carboxylic acids is 1. The van der Waals surface area contributed by atoms with Crippen molar-refractivity contribution in [1.82, 2.24) is 4.90 Å². The van der Waals surface area contributed by atoms with Crippen LogP contribution in [-0.2, 0) is 17.5 Å². The lowest BCUT2D eigenvalue weighted by molar-refractivity contribution is -0.384. The number of ether oxygens (including phenoxy) is 1. The second kappa shape index (κ2) is 14.6. The van der Waals surface area contributed by atoms with E-state index in [0.29, 0.717) is 0 Å². The van der Waals surface area contributed by atoms with Crippen LogP contribution in [0.1, 0.15) is 38.3 Å². The number of halogens is 7. The Bertz CT molecular complexity index is 1300. The van der Waals surface area contributed by atoms with E-state index in [9.17, 15) is 41.3 Å². The number of amides is 1. The predicted molar refractivity (Wildman–Crippen MR) is 144 cm³/mol. The molecule has 13 heteroatoms. The van der Waals surface area contributed by atoms with Crippen LogP contribution in [0.5, 0.6) is 0 Å². The zero-order valence-corrected chi connectivity index (χ0v) is 23.0. The lowest BCUT2D eigenvalue weighted by atomic mass is 9.96. The van der Waals surface area contributed by atoms with Gasteiger partial charge in [-0.15, -0.1) is 19.4 Å². The third kappa shape index (κ3) is 9.28. The number of non-ortho nitro benzene ring substituents is 1. The molecule has 1 heterocycles. The highest BCUT2D eigenvalue weighted by atomic mass is 35.5. The summed E-state index contributed by atoms with van der Waals surface area (Å²) in [6.07, 6.45) is -0.767. The van der Waals surface area contributed by atoms with Gasteiger partial charge in [0.05, 0.1) is 23.1 Å². The molecule has 0 radical (unpaired) electrons. The minimum absolute atomic E-state index is 0.0290. The first-order valence-electron chi connectivity index (χ1n) is 11.8. The molecule has 0 N–H and O–H groups in total. The average Bonchev–Trinajstić information content (AvgIpc) is 3.15. The summed E-state index contributed by atoms with van der Waals surface area (Å²) in [7, 11) is 0. The largest absolute Gasteiger partial charge is 0.444 e. The van der Waals surface area contributed by atoms with Gasteiger partial charge < -0.3 is 4.74 Å². The smallest absolute Gasteiger partial charge is 0.416 e. The normalized spacial score (nSPS) is 17.0. The maximum Gasteiger partial charge on any atom is 0.416 e. The Hall–Kier alpha value is -3.98. The summed E-state index contributed by atoms with van der Waals surface area (Å²) < 4.78 is 83.8. The van der Waals surface area contributed by atoms with Gasteiger partial charge in [-0.25, -0.2) is 4.79 Å². The van der Waals surface area contributed by atoms with Crippen molar-refractivity contribution in [3.8, 4) is 24.0 Å². The first kappa shape index (κ1) is 35.0. The number of nitro groups is 1. The third-order valence-electron chi connectivity index (χ3n) is 5.84. The van der Waals surface area contributed by atoms with Gasteiger partial charge in [-0.2, -0.15) is 26.3 Å². The quantitative estimate of drug-likeness (QED) is 0.108. The second-order valence-corrected chi connectivity index (χ2v) is 9.02. The molecule has 0 aromatic heterocycles. The van der Waals surface area contributed by atoms with Crippen LogP contribution in [0.15, 0.2) is 60.7 Å². The topological polar surface area (TPSA) is 72.7 Å². The highest BCUT2D eigenvalue weighted by Gasteiger charge is 2.40. The van der Waals surface area contributed by atoms with Crippen molar-refractivity contribution in [3.05, 3.63) is 87.0 Å². The number of hydrogen-bond donors (Lipinski definition) is 0. The van der Waals surface area contributed by atoms with Gasteiger partial charge >= 0.3 is 18.4 Å². The molecule has 2 unspecified atom stereocenters. The fourth-order valence-electron chi connectivity index (χ4n) is 3.71. The zero-order chi connectivity index (χ0) is 31.7. The van der Waals surface area contributed by atoms with Crippen molar-refractivity contribution in [2.24, 2.45) is 0 Å². The van der Waals surface area contributed by atoms with E-state index in [2.05, 4.69) is 19.4 Å². The molecule has 41 heavy (non-hydrogen) atoms. The van der Waals surface area contributed by atoms with Crippen molar-refractivity contribution >= 4 is 23.4 Å². The van der Waals surface area contributed by atoms with Crippen LogP contribution in [0.2, 0.25) is 5.02 Å². The number of rotatable bonds is 6. The maximum absolute atomic E-state index is 13.4. The highest BCUT2D eigenvalue weighted by molar-refractivity contribution is 6.33. The molecule has 1 saturated heterocycles. The first-order chi connectivity index (χ1) is 19.0. The summed E-state index contributed by atoms with van der Waals surface area (Å²) in [5.41, 5.74) is -2.07. The lowest BCUT2D eigenvalue weighted by Crippen LogP contribution is -2.33. The average molecular weight is 605 g/mol. The fourth-order valence-corrected chi connectivity index (χ4v) is 3.92. The van der Waals surface area contributed by atoms with E-state index < -0.39 is 53.2 Å². The molecule has 222 valence electrons. The minimum atomic E-state index is -4.72. The number of nitrogens with zero attached hydrogens (tertiary/aromatic N) is 2. The van der Waals surface area contributed by atoms with Gasteiger partial charge in [0.15, 0.2) is 0 Å². The number of hydrogen-bond acceptors (Lipinski definition) is 4. The van der Waals surface area contributed by atoms with E-state index in [1.54, 1.807) is 6.08 Å². The standard InChI is InChI=1S/C23H19ClF6N2O4.C3H6.C2H2/c1-12(22(25,26)27)3-8-20-13(2)31(21(33)36-20)11-14-9-15(23(28,29)30)4-6-17(14)18-10-16(32(34)35)5-7-19(18)24;1-3-2;1-2/h3-7,9-10,13,20H,8,11H2,1-2H3;3H,1H2,2H3;1-2H/b12-3+;;. The molecule has 0 aliphatic carbocycles. The van der Waals surface area contributed by atoms with E-state index in [1.807, 2.05) is 6.92 Å². The Morgan fingerprint density at radius 1 is 1.15 bits per heavy atom. The van der Waals surface area contributed by atoms with E-state index in [1.165, 1.54) is 13.0 Å². The summed E-state index contributed by atoms with van der Waals surface area (Å²) in [5, 5.41) is 11.2. The molecule has 6 nitrogen and oxygen atoms in total. The summed E-state index contributed by atoms with van der Waals surface area (Å²) in [6, 6.07) is 5.37. The molecule has 1 aliphatic rings. The summed E-state index contributed by atoms with van der Waals surface area (Å²) >= 11 is 6.19. The molecule has 0 spiro atoms. The van der Waals surface area contributed by atoms with Crippen LogP contribution in [0, 0.1) is 23.0 Å². The van der Waals surface area contributed by atoms with Crippen molar-refractivity contribution < 1.29 is 40.8 Å². The van der Waals surface area contributed by atoms with Crippen molar-refractivity contribution in [3.63, 3.8) is 0 Å². The van der Waals surface area contributed by atoms with E-state index in [4.69, 9.17) is 16.3 Å². The van der Waals surface area contributed by atoms with Gasteiger partial charge in [-0.3, -0.25) is 15.0 Å². The van der Waals surface area contributed by atoms with Crippen molar-refractivity contribution in [1.29, 1.82) is 0 Å². The SMILES string of the molecule is C#C.C/C(=C\CC1OC(=O)N(Cc2cc(C(F)(F)F)ccc2-c2cc([N+](=O)[O-])ccc2Cl)C1C)C(F)(F)F.C=CC. The second-order valence-electron chi connectivity index (χ2n) is 8.61. The molecule has 3 rings (SSSR count). The zero-order valence-electron chi connectivity index (χ0n) is 22.2. The number of terminal acetylenes is 1. The molecule has 1 fully saturated rings. The first-order valence-corrected chi connectivity index (χ1v) is 12.1. The molecule has 2 aromatic rings.